The largest absolute Gasteiger partial charge is 0.510 e. The van der Waals surface area contributed by atoms with Crippen molar-refractivity contribution in [3.63, 3.8) is 0 Å². The Hall–Kier alpha value is -9.87. The van der Waals surface area contributed by atoms with Gasteiger partial charge in [-0.1, -0.05) is 190 Å². The molecular weight excluding hydrogens is 1200 g/mol. The third-order valence-corrected chi connectivity index (χ3v) is 16.3. The number of hydrogen-bond acceptors (Lipinski definition) is 3. The van der Waals surface area contributed by atoms with Crippen LogP contribution in [0, 0.1) is 18.5 Å². The van der Waals surface area contributed by atoms with Gasteiger partial charge in [-0.05, 0) is 137 Å². The van der Waals surface area contributed by atoms with Gasteiger partial charge < -0.3 is 18.3 Å². The van der Waals surface area contributed by atoms with Crippen LogP contribution in [0.15, 0.2) is 253 Å². The molecule has 0 unspecified atom stereocenters. The molecule has 1 aliphatic rings. The number of fused-ring (bicyclic) bond motifs is 14. The van der Waals surface area contributed by atoms with Gasteiger partial charge in [0.2, 0.25) is 0 Å². The molecule has 1 aliphatic heterocycles. The van der Waals surface area contributed by atoms with E-state index in [1.165, 1.54) is 5.56 Å². The number of para-hydroxylation sites is 4. The average Bonchev–Trinajstić information content (AvgIpc) is 3.13. The van der Waals surface area contributed by atoms with Gasteiger partial charge in [0.1, 0.15) is 17.0 Å². The van der Waals surface area contributed by atoms with Crippen molar-refractivity contribution in [3.8, 4) is 95.5 Å². The number of ether oxygens (including phenoxy) is 1. The summed E-state index contributed by atoms with van der Waals surface area (Å²) >= 11 is 0. The molecule has 16 rings (SSSR count). The van der Waals surface area contributed by atoms with E-state index in [2.05, 4.69) is 271 Å². The third-order valence-electron chi connectivity index (χ3n) is 16.3. The standard InChI is InChI=1S/C76H50N4O2.Pt/c1-76(2,3)53-39-40-77-71(44-53)80-66-32-14-12-27-60(66)61-36-35-56(46-68(61)80)81-55-24-16-23-54(45-55)78-47-79-74-57(52-42-50(48-19-6-4-7-20-48)41-51(43-52)49-21-8-5-9-22-49)29-17-31-65(74)72-62(37-38-70-73(72)64-28-13-15-34-69(64)82-70)58-25-10-11-26-59(58)63-30-18-33-67(78)75(63)79;/h4-44H,1-3H3;/q-2;. The SMILES string of the molecule is CC(C)(C)c1ccnc(-n2c3[c-]c(Oc4[c-]c(-n5[c-][n+]6c7c(cccc75)-c5ccccc5-c5ccc7oc8ccccc8c7c5-c5cccc(-c7cc(-c8ccccc8)cc(-c8ccccc8)c7)c5-6)ccc4)ccc3c3ccccc32)c1.[Pt]. The zero-order chi connectivity index (χ0) is 54.6. The van der Waals surface area contributed by atoms with Crippen LogP contribution in [0.3, 0.4) is 0 Å². The molecule has 0 aliphatic carbocycles. The molecule has 0 spiro atoms. The number of benzene rings is 11. The van der Waals surface area contributed by atoms with Gasteiger partial charge in [0.25, 0.3) is 6.33 Å². The van der Waals surface area contributed by atoms with E-state index in [9.17, 15) is 0 Å². The van der Waals surface area contributed by atoms with E-state index in [1.54, 1.807) is 0 Å². The first-order valence-electron chi connectivity index (χ1n) is 27.8. The Bertz CT molecular complexity index is 5010. The van der Waals surface area contributed by atoms with Crippen molar-refractivity contribution < 1.29 is 34.8 Å². The number of hydrogen-bond donors (Lipinski definition) is 0. The first-order valence-corrected chi connectivity index (χ1v) is 27.8. The molecule has 0 amide bonds. The number of furan rings is 1. The summed E-state index contributed by atoms with van der Waals surface area (Å²) in [6, 6.07) is 93.7. The molecule has 83 heavy (non-hydrogen) atoms. The maximum absolute atomic E-state index is 6.85. The number of rotatable bonds is 7. The normalized spacial score (nSPS) is 11.9. The van der Waals surface area contributed by atoms with Gasteiger partial charge in [-0.15, -0.1) is 29.7 Å². The van der Waals surface area contributed by atoms with Crippen LogP contribution >= 0.6 is 0 Å². The number of aromatic nitrogens is 4. The molecule has 0 radical (unpaired) electrons. The van der Waals surface area contributed by atoms with E-state index < -0.39 is 0 Å². The molecule has 0 N–H and O–H groups in total. The Morgan fingerprint density at radius 2 is 1.10 bits per heavy atom. The zero-order valence-electron chi connectivity index (χ0n) is 45.6. The summed E-state index contributed by atoms with van der Waals surface area (Å²) in [6.45, 7) is 6.69. The molecule has 7 heteroatoms. The van der Waals surface area contributed by atoms with Crippen LogP contribution < -0.4 is 9.30 Å². The van der Waals surface area contributed by atoms with Crippen molar-refractivity contribution in [1.29, 1.82) is 0 Å². The summed E-state index contributed by atoms with van der Waals surface area (Å²) < 4.78 is 20.2. The second kappa shape index (κ2) is 19.7. The zero-order valence-corrected chi connectivity index (χ0v) is 47.9. The molecule has 0 fully saturated rings. The topological polar surface area (TPSA) is 49.0 Å². The summed E-state index contributed by atoms with van der Waals surface area (Å²) in [7, 11) is 0. The van der Waals surface area contributed by atoms with E-state index >= 15 is 0 Å². The van der Waals surface area contributed by atoms with E-state index in [0.29, 0.717) is 11.5 Å². The van der Waals surface area contributed by atoms with Crippen LogP contribution in [0.2, 0.25) is 0 Å². The van der Waals surface area contributed by atoms with Gasteiger partial charge >= 0.3 is 0 Å². The van der Waals surface area contributed by atoms with Crippen molar-refractivity contribution in [3.05, 3.63) is 273 Å². The Balaban J connectivity index is 0.00000588. The fourth-order valence-electron chi connectivity index (χ4n) is 12.5. The van der Waals surface area contributed by atoms with E-state index in [-0.39, 0.29) is 26.5 Å². The molecule has 0 saturated heterocycles. The van der Waals surface area contributed by atoms with Gasteiger partial charge in [0.15, 0.2) is 0 Å². The predicted octanol–water partition coefficient (Wildman–Crippen LogP) is 19.1. The van der Waals surface area contributed by atoms with E-state index in [4.69, 9.17) is 14.1 Å². The predicted molar refractivity (Wildman–Crippen MR) is 332 cm³/mol. The van der Waals surface area contributed by atoms with Crippen LogP contribution in [-0.2, 0) is 26.5 Å². The summed E-state index contributed by atoms with van der Waals surface area (Å²) in [4.78, 5) is 4.92. The van der Waals surface area contributed by atoms with Gasteiger partial charge in [0, 0.05) is 55.1 Å². The molecule has 6 nitrogen and oxygen atoms in total. The van der Waals surface area contributed by atoms with Gasteiger partial charge in [-0.2, -0.15) is 18.2 Å². The fraction of sp³-hybridized carbons (Fsp3) is 0.0526. The van der Waals surface area contributed by atoms with Crippen molar-refractivity contribution in [2.45, 2.75) is 26.2 Å². The summed E-state index contributed by atoms with van der Waals surface area (Å²) in [6.07, 6.45) is 5.92. The van der Waals surface area contributed by atoms with Crippen molar-refractivity contribution in [2.24, 2.45) is 0 Å². The van der Waals surface area contributed by atoms with E-state index in [1.807, 2.05) is 30.5 Å². The Morgan fingerprint density at radius 1 is 0.470 bits per heavy atom. The molecular formula is C76H50N4O2Pt-2. The maximum atomic E-state index is 6.85. The monoisotopic (exact) mass is 1250 g/mol. The van der Waals surface area contributed by atoms with Crippen LogP contribution in [0.25, 0.3) is 139 Å². The smallest absolute Gasteiger partial charge is 0.268 e. The van der Waals surface area contributed by atoms with Crippen molar-refractivity contribution in [2.75, 3.05) is 0 Å². The number of nitrogens with zero attached hydrogens (tertiary/aromatic N) is 4. The van der Waals surface area contributed by atoms with E-state index in [0.717, 1.165) is 139 Å². The molecule has 0 atom stereocenters. The first-order chi connectivity index (χ1) is 40.3. The molecule has 11 aromatic carbocycles. The number of imidazole rings is 1. The van der Waals surface area contributed by atoms with Crippen LogP contribution in [0.5, 0.6) is 11.5 Å². The minimum Gasteiger partial charge on any atom is -0.510 e. The van der Waals surface area contributed by atoms with Gasteiger partial charge in [-0.3, -0.25) is 4.57 Å². The summed E-state index contributed by atoms with van der Waals surface area (Å²) in [5.74, 6) is 1.95. The second-order valence-electron chi connectivity index (χ2n) is 22.3. The second-order valence-corrected chi connectivity index (χ2v) is 22.3. The average molecular weight is 1250 g/mol. The Labute approximate surface area is 495 Å². The van der Waals surface area contributed by atoms with Gasteiger partial charge in [-0.25, -0.2) is 4.98 Å². The fourth-order valence-corrected chi connectivity index (χ4v) is 12.5. The van der Waals surface area contributed by atoms with Gasteiger partial charge in [0.05, 0.1) is 16.7 Å². The first kappa shape index (κ1) is 50.1. The van der Waals surface area contributed by atoms with Crippen molar-refractivity contribution in [1.82, 2.24) is 14.1 Å². The Morgan fingerprint density at radius 3 is 1.88 bits per heavy atom. The minimum absolute atomic E-state index is 0. The van der Waals surface area contributed by atoms with Crippen LogP contribution in [0.1, 0.15) is 26.3 Å². The Kier molecular flexibility index (Phi) is 11.9. The van der Waals surface area contributed by atoms with Crippen LogP contribution in [0.4, 0.5) is 0 Å². The minimum atomic E-state index is -0.0564. The summed E-state index contributed by atoms with van der Waals surface area (Å²) in [5, 5.41) is 4.32. The molecule has 4 aromatic heterocycles. The molecule has 5 heterocycles. The summed E-state index contributed by atoms with van der Waals surface area (Å²) in [5.41, 5.74) is 21.7. The number of pyridine rings is 1. The van der Waals surface area contributed by atoms with Crippen molar-refractivity contribution >= 4 is 54.8 Å². The van der Waals surface area contributed by atoms with Crippen LogP contribution in [-0.4, -0.2) is 14.1 Å². The quantitative estimate of drug-likeness (QED) is 0.118. The maximum Gasteiger partial charge on any atom is 0.268 e. The molecule has 15 aromatic rings. The molecule has 0 saturated carbocycles. The molecule has 398 valence electrons. The molecule has 0 bridgehead atoms. The third kappa shape index (κ3) is 8.27.